The van der Waals surface area contributed by atoms with E-state index in [-0.39, 0.29) is 4.38 Å². The van der Waals surface area contributed by atoms with Crippen LogP contribution in [0, 0.1) is 0 Å². The van der Waals surface area contributed by atoms with E-state index in [1.54, 1.807) is 0 Å². The van der Waals surface area contributed by atoms with Gasteiger partial charge in [-0.2, -0.15) is 9.37 Å². The number of aliphatic imine (C=N–C) groups is 1. The molecule has 19 heavy (non-hydrogen) atoms. The van der Waals surface area contributed by atoms with Crippen LogP contribution in [0.15, 0.2) is 34.3 Å². The zero-order chi connectivity index (χ0) is 13.6. The highest BCUT2D eigenvalue weighted by atomic mass is 32.3. The Kier molecular flexibility index (Phi) is 2.95. The summed E-state index contributed by atoms with van der Waals surface area (Å²) in [7, 11) is -3.63. The zero-order valence-electron chi connectivity index (χ0n) is 9.73. The first-order valence-electron chi connectivity index (χ1n) is 5.39. The standard InChI is InChI=1S/C11H8N2O3S3/c1-6-9(14)12-11(19(6,15)16)17-10-7-4-2-3-5-8(7)18-13-10/h2-6H,1H3. The van der Waals surface area contributed by atoms with E-state index in [9.17, 15) is 13.2 Å². The molecule has 0 N–H and O–H groups in total. The first-order chi connectivity index (χ1) is 9.00. The van der Waals surface area contributed by atoms with Crippen molar-refractivity contribution < 1.29 is 13.2 Å². The molecule has 2 aromatic rings. The molecule has 0 bridgehead atoms. The van der Waals surface area contributed by atoms with Crippen LogP contribution in [0.3, 0.4) is 0 Å². The summed E-state index contributed by atoms with van der Waals surface area (Å²) in [6.45, 7) is 1.36. The molecule has 0 fully saturated rings. The molecule has 0 spiro atoms. The fraction of sp³-hybridized carbons (Fsp3) is 0.182. The molecule has 1 atom stereocenters. The molecule has 8 heteroatoms. The number of rotatable bonds is 1. The van der Waals surface area contributed by atoms with Gasteiger partial charge in [-0.3, -0.25) is 4.79 Å². The first-order valence-corrected chi connectivity index (χ1v) is 8.52. The van der Waals surface area contributed by atoms with E-state index in [2.05, 4.69) is 9.37 Å². The number of carbonyl (C=O) groups is 1. The van der Waals surface area contributed by atoms with Crippen LogP contribution >= 0.6 is 23.3 Å². The number of fused-ring (bicyclic) bond motifs is 1. The van der Waals surface area contributed by atoms with Gasteiger partial charge in [0.15, 0.2) is 4.38 Å². The number of hydrogen-bond acceptors (Lipinski definition) is 6. The lowest BCUT2D eigenvalue weighted by atomic mass is 10.3. The van der Waals surface area contributed by atoms with Crippen molar-refractivity contribution in [3.63, 3.8) is 0 Å². The van der Waals surface area contributed by atoms with Gasteiger partial charge in [0.2, 0.25) is 9.84 Å². The number of amides is 1. The average Bonchev–Trinajstić information content (AvgIpc) is 2.87. The molecule has 1 aromatic carbocycles. The van der Waals surface area contributed by atoms with Gasteiger partial charge < -0.3 is 0 Å². The number of carbonyl (C=O) groups excluding carboxylic acids is 1. The number of thioether (sulfide) groups is 1. The monoisotopic (exact) mass is 312 g/mol. The third-order valence-corrected chi connectivity index (χ3v) is 7.16. The van der Waals surface area contributed by atoms with Gasteiger partial charge >= 0.3 is 0 Å². The summed E-state index contributed by atoms with van der Waals surface area (Å²) in [5, 5.41) is 0.368. The summed E-state index contributed by atoms with van der Waals surface area (Å²) in [5.74, 6) is -0.609. The first kappa shape index (κ1) is 12.8. The third kappa shape index (κ3) is 1.99. The van der Waals surface area contributed by atoms with Crippen molar-refractivity contribution in [2.75, 3.05) is 0 Å². The maximum Gasteiger partial charge on any atom is 0.265 e. The normalized spacial score (nSPS) is 21.8. The Hall–Kier alpha value is -1.25. The lowest BCUT2D eigenvalue weighted by molar-refractivity contribution is -0.116. The zero-order valence-corrected chi connectivity index (χ0v) is 12.2. The Morgan fingerprint density at radius 1 is 1.32 bits per heavy atom. The van der Waals surface area contributed by atoms with Crippen molar-refractivity contribution in [1.29, 1.82) is 0 Å². The second-order valence-electron chi connectivity index (χ2n) is 3.99. The van der Waals surface area contributed by atoms with Crippen LogP contribution in [0.1, 0.15) is 6.92 Å². The molecule has 1 unspecified atom stereocenters. The van der Waals surface area contributed by atoms with E-state index < -0.39 is 21.0 Å². The predicted octanol–water partition coefficient (Wildman–Crippen LogP) is 2.09. The maximum absolute atomic E-state index is 12.0. The lowest BCUT2D eigenvalue weighted by Crippen LogP contribution is -2.22. The molecule has 1 aliphatic rings. The van der Waals surface area contributed by atoms with E-state index in [1.807, 2.05) is 24.3 Å². The molecule has 2 heterocycles. The second kappa shape index (κ2) is 4.39. The quantitative estimate of drug-likeness (QED) is 0.806. The maximum atomic E-state index is 12.0. The van der Waals surface area contributed by atoms with Crippen LogP contribution in [0.25, 0.3) is 10.1 Å². The van der Waals surface area contributed by atoms with E-state index >= 15 is 0 Å². The number of nitrogens with zero attached hydrogens (tertiary/aromatic N) is 2. The van der Waals surface area contributed by atoms with Crippen molar-refractivity contribution in [3.8, 4) is 0 Å². The van der Waals surface area contributed by atoms with Crippen LogP contribution in [0.2, 0.25) is 0 Å². The Labute approximate surface area is 117 Å². The molecule has 98 valence electrons. The van der Waals surface area contributed by atoms with E-state index in [4.69, 9.17) is 0 Å². The average molecular weight is 312 g/mol. The molecule has 0 radical (unpaired) electrons. The minimum atomic E-state index is -3.63. The summed E-state index contributed by atoms with van der Waals surface area (Å²) in [5.41, 5.74) is 0. The Morgan fingerprint density at radius 3 is 2.74 bits per heavy atom. The molecular formula is C11H8N2O3S3. The van der Waals surface area contributed by atoms with Crippen molar-refractivity contribution in [2.45, 2.75) is 17.2 Å². The van der Waals surface area contributed by atoms with Gasteiger partial charge in [0.05, 0.1) is 4.70 Å². The van der Waals surface area contributed by atoms with Crippen LogP contribution in [-0.2, 0) is 14.6 Å². The van der Waals surface area contributed by atoms with Crippen molar-refractivity contribution in [1.82, 2.24) is 4.37 Å². The Balaban J connectivity index is 2.03. The fourth-order valence-electron chi connectivity index (χ4n) is 1.63. The predicted molar refractivity (Wildman–Crippen MR) is 76.3 cm³/mol. The molecule has 0 saturated heterocycles. The minimum absolute atomic E-state index is 0.152. The van der Waals surface area contributed by atoms with E-state index in [0.717, 1.165) is 21.8 Å². The molecule has 0 aliphatic carbocycles. The van der Waals surface area contributed by atoms with Crippen molar-refractivity contribution in [2.24, 2.45) is 4.99 Å². The van der Waals surface area contributed by atoms with E-state index in [1.165, 1.54) is 18.5 Å². The van der Waals surface area contributed by atoms with Crippen molar-refractivity contribution >= 4 is 53.5 Å². The largest absolute Gasteiger partial charge is 0.271 e. The third-order valence-electron chi connectivity index (χ3n) is 2.79. The van der Waals surface area contributed by atoms with Gasteiger partial charge in [0, 0.05) is 5.39 Å². The Morgan fingerprint density at radius 2 is 2.05 bits per heavy atom. The molecule has 1 aliphatic heterocycles. The van der Waals surface area contributed by atoms with Crippen LogP contribution in [-0.4, -0.2) is 28.3 Å². The highest BCUT2D eigenvalue weighted by Crippen LogP contribution is 2.34. The summed E-state index contributed by atoms with van der Waals surface area (Å²) < 4.78 is 29.0. The minimum Gasteiger partial charge on any atom is -0.271 e. The number of hydrogen-bond donors (Lipinski definition) is 0. The van der Waals surface area contributed by atoms with Gasteiger partial charge in [-0.15, -0.1) is 0 Å². The highest BCUT2D eigenvalue weighted by molar-refractivity contribution is 8.36. The highest BCUT2D eigenvalue weighted by Gasteiger charge is 2.40. The number of aromatic nitrogens is 1. The number of sulfone groups is 1. The van der Waals surface area contributed by atoms with Gasteiger partial charge in [0.25, 0.3) is 5.91 Å². The molecular weight excluding hydrogens is 304 g/mol. The summed E-state index contributed by atoms with van der Waals surface area (Å²) in [4.78, 5) is 15.0. The SMILES string of the molecule is CC1C(=O)N=C(Sc2nsc3ccccc23)S1(=O)=O. The fourth-order valence-corrected chi connectivity index (χ4v) is 5.20. The van der Waals surface area contributed by atoms with Crippen LogP contribution < -0.4 is 0 Å². The molecule has 0 saturated carbocycles. The van der Waals surface area contributed by atoms with Crippen molar-refractivity contribution in [3.05, 3.63) is 24.3 Å². The lowest BCUT2D eigenvalue weighted by Gasteiger charge is -2.00. The molecule has 1 amide bonds. The Bertz CT molecular complexity index is 807. The van der Waals surface area contributed by atoms with Crippen LogP contribution in [0.5, 0.6) is 0 Å². The molecule has 3 rings (SSSR count). The topological polar surface area (TPSA) is 76.5 Å². The van der Waals surface area contributed by atoms with Crippen LogP contribution in [0.4, 0.5) is 0 Å². The number of benzene rings is 1. The van der Waals surface area contributed by atoms with Gasteiger partial charge in [-0.1, -0.05) is 18.2 Å². The van der Waals surface area contributed by atoms with Gasteiger partial charge in [0.1, 0.15) is 10.3 Å². The van der Waals surface area contributed by atoms with Gasteiger partial charge in [-0.05, 0) is 36.3 Å². The summed E-state index contributed by atoms with van der Waals surface area (Å²) in [6, 6.07) is 7.54. The summed E-state index contributed by atoms with van der Waals surface area (Å²) in [6.07, 6.45) is 0. The molecule has 5 nitrogen and oxygen atoms in total. The summed E-state index contributed by atoms with van der Waals surface area (Å²) >= 11 is 2.24. The molecule has 1 aromatic heterocycles. The van der Waals surface area contributed by atoms with E-state index in [0.29, 0.717) is 5.03 Å². The second-order valence-corrected chi connectivity index (χ2v) is 8.21. The van der Waals surface area contributed by atoms with Gasteiger partial charge in [-0.25, -0.2) is 8.42 Å². The smallest absolute Gasteiger partial charge is 0.265 e.